The maximum atomic E-state index is 13.5. The first-order chi connectivity index (χ1) is 9.78. The SMILES string of the molecule is OCCC#Cc1cc(F)cc(CSc2cnccn2)c1. The third kappa shape index (κ3) is 4.65. The first-order valence-corrected chi connectivity index (χ1v) is 7.04. The summed E-state index contributed by atoms with van der Waals surface area (Å²) in [6.45, 7) is 0.0116. The molecule has 102 valence electrons. The summed E-state index contributed by atoms with van der Waals surface area (Å²) in [4.78, 5) is 8.13. The Labute approximate surface area is 121 Å². The summed E-state index contributed by atoms with van der Waals surface area (Å²) in [7, 11) is 0. The Morgan fingerprint density at radius 3 is 2.90 bits per heavy atom. The molecule has 3 nitrogen and oxygen atoms in total. The van der Waals surface area contributed by atoms with Crippen LogP contribution in [-0.4, -0.2) is 21.7 Å². The first-order valence-electron chi connectivity index (χ1n) is 6.06. The number of halogens is 1. The van der Waals surface area contributed by atoms with Gasteiger partial charge >= 0.3 is 0 Å². The van der Waals surface area contributed by atoms with E-state index in [1.165, 1.54) is 23.9 Å². The van der Waals surface area contributed by atoms with Crippen LogP contribution in [0, 0.1) is 17.7 Å². The number of benzene rings is 1. The topological polar surface area (TPSA) is 46.0 Å². The number of nitrogens with zero attached hydrogens (tertiary/aromatic N) is 2. The van der Waals surface area contributed by atoms with E-state index >= 15 is 0 Å². The fourth-order valence-electron chi connectivity index (χ4n) is 1.54. The van der Waals surface area contributed by atoms with Gasteiger partial charge in [0.15, 0.2) is 0 Å². The van der Waals surface area contributed by atoms with Crippen molar-refractivity contribution in [3.8, 4) is 11.8 Å². The highest BCUT2D eigenvalue weighted by molar-refractivity contribution is 7.98. The normalized spacial score (nSPS) is 9.90. The van der Waals surface area contributed by atoms with Crippen molar-refractivity contribution in [2.75, 3.05) is 6.61 Å². The van der Waals surface area contributed by atoms with Crippen molar-refractivity contribution in [3.05, 3.63) is 53.7 Å². The lowest BCUT2D eigenvalue weighted by atomic mass is 10.1. The summed E-state index contributed by atoms with van der Waals surface area (Å²) in [6, 6.07) is 4.72. The molecule has 0 amide bonds. The van der Waals surface area contributed by atoms with Crippen LogP contribution in [0.1, 0.15) is 17.5 Å². The van der Waals surface area contributed by atoms with E-state index in [4.69, 9.17) is 5.11 Å². The first kappa shape index (κ1) is 14.5. The maximum Gasteiger partial charge on any atom is 0.124 e. The van der Waals surface area contributed by atoms with Crippen molar-refractivity contribution in [2.45, 2.75) is 17.2 Å². The van der Waals surface area contributed by atoms with E-state index in [9.17, 15) is 4.39 Å². The van der Waals surface area contributed by atoms with Gasteiger partial charge in [-0.15, -0.1) is 11.8 Å². The van der Waals surface area contributed by atoms with Crippen LogP contribution in [0.5, 0.6) is 0 Å². The monoisotopic (exact) mass is 288 g/mol. The van der Waals surface area contributed by atoms with Gasteiger partial charge in [-0.1, -0.05) is 11.8 Å². The zero-order valence-corrected chi connectivity index (χ0v) is 11.5. The van der Waals surface area contributed by atoms with Crippen LogP contribution in [0.4, 0.5) is 4.39 Å². The number of aliphatic hydroxyl groups excluding tert-OH is 1. The van der Waals surface area contributed by atoms with Gasteiger partial charge in [-0.05, 0) is 23.8 Å². The third-order valence-electron chi connectivity index (χ3n) is 2.35. The van der Waals surface area contributed by atoms with Crippen molar-refractivity contribution in [1.29, 1.82) is 0 Å². The molecule has 0 fully saturated rings. The van der Waals surface area contributed by atoms with Crippen LogP contribution >= 0.6 is 11.8 Å². The summed E-state index contributed by atoms with van der Waals surface area (Å²) in [5.74, 6) is 5.91. The molecule has 0 saturated heterocycles. The van der Waals surface area contributed by atoms with Gasteiger partial charge in [-0.3, -0.25) is 4.98 Å². The Morgan fingerprint density at radius 1 is 1.25 bits per heavy atom. The van der Waals surface area contributed by atoms with Gasteiger partial charge in [-0.25, -0.2) is 9.37 Å². The molecular formula is C15H13FN2OS. The Hall–Kier alpha value is -1.90. The number of rotatable bonds is 4. The lowest BCUT2D eigenvalue weighted by Crippen LogP contribution is -1.88. The Balaban J connectivity index is 2.06. The smallest absolute Gasteiger partial charge is 0.124 e. The average molecular weight is 288 g/mol. The van der Waals surface area contributed by atoms with Crippen molar-refractivity contribution in [2.24, 2.45) is 0 Å². The molecule has 0 spiro atoms. The van der Waals surface area contributed by atoms with Crippen molar-refractivity contribution >= 4 is 11.8 Å². The maximum absolute atomic E-state index is 13.5. The second-order valence-electron chi connectivity index (χ2n) is 3.96. The van der Waals surface area contributed by atoms with Gasteiger partial charge in [0.1, 0.15) is 10.8 Å². The van der Waals surface area contributed by atoms with E-state index in [2.05, 4.69) is 21.8 Å². The summed E-state index contributed by atoms with van der Waals surface area (Å²) < 4.78 is 13.5. The molecule has 0 aliphatic heterocycles. The molecule has 0 unspecified atom stereocenters. The minimum atomic E-state index is -0.310. The van der Waals surface area contributed by atoms with Crippen LogP contribution in [0.3, 0.4) is 0 Å². The van der Waals surface area contributed by atoms with Gasteiger partial charge in [0, 0.05) is 30.1 Å². The highest BCUT2D eigenvalue weighted by Crippen LogP contribution is 2.21. The molecule has 0 aliphatic carbocycles. The summed E-state index contributed by atoms with van der Waals surface area (Å²) in [6.07, 6.45) is 5.30. The highest BCUT2D eigenvalue weighted by Gasteiger charge is 2.02. The minimum absolute atomic E-state index is 0.0116. The molecule has 0 atom stereocenters. The molecular weight excluding hydrogens is 275 g/mol. The second-order valence-corrected chi connectivity index (χ2v) is 4.95. The zero-order chi connectivity index (χ0) is 14.2. The van der Waals surface area contributed by atoms with Crippen LogP contribution in [-0.2, 0) is 5.75 Å². The molecule has 1 aromatic heterocycles. The molecule has 1 N–H and O–H groups in total. The van der Waals surface area contributed by atoms with E-state index < -0.39 is 0 Å². The van der Waals surface area contributed by atoms with Crippen molar-refractivity contribution < 1.29 is 9.50 Å². The summed E-state index contributed by atoms with van der Waals surface area (Å²) in [5.41, 5.74) is 1.46. The fourth-order valence-corrected chi connectivity index (χ4v) is 2.30. The molecule has 0 bridgehead atoms. The van der Waals surface area contributed by atoms with Gasteiger partial charge in [0.05, 0.1) is 12.8 Å². The number of hydrogen-bond acceptors (Lipinski definition) is 4. The van der Waals surface area contributed by atoms with Crippen LogP contribution < -0.4 is 0 Å². The van der Waals surface area contributed by atoms with E-state index in [1.807, 2.05) is 6.07 Å². The molecule has 2 aromatic rings. The quantitative estimate of drug-likeness (QED) is 0.694. The summed E-state index contributed by atoms with van der Waals surface area (Å²) in [5, 5.41) is 9.47. The van der Waals surface area contributed by atoms with Gasteiger partial charge < -0.3 is 5.11 Å². The van der Waals surface area contributed by atoms with Gasteiger partial charge in [0.25, 0.3) is 0 Å². The van der Waals surface area contributed by atoms with Crippen molar-refractivity contribution in [1.82, 2.24) is 9.97 Å². The Morgan fingerprint density at radius 2 is 2.15 bits per heavy atom. The molecule has 5 heteroatoms. The van der Waals surface area contributed by atoms with Crippen LogP contribution in [0.2, 0.25) is 0 Å². The zero-order valence-electron chi connectivity index (χ0n) is 10.7. The molecule has 0 radical (unpaired) electrons. The van der Waals surface area contributed by atoms with E-state index in [0.717, 1.165) is 10.6 Å². The molecule has 1 aromatic carbocycles. The third-order valence-corrected chi connectivity index (χ3v) is 3.34. The van der Waals surface area contributed by atoms with Crippen molar-refractivity contribution in [3.63, 3.8) is 0 Å². The van der Waals surface area contributed by atoms with Gasteiger partial charge in [0.2, 0.25) is 0 Å². The summed E-state index contributed by atoms with van der Waals surface area (Å²) >= 11 is 1.49. The lowest BCUT2D eigenvalue weighted by Gasteiger charge is -2.02. The minimum Gasteiger partial charge on any atom is -0.395 e. The standard InChI is InChI=1S/C15H13FN2OS/c16-14-8-12(3-1-2-6-19)7-13(9-14)11-20-15-10-17-4-5-18-15/h4-5,7-10,19H,2,6,11H2. The van der Waals surface area contributed by atoms with E-state index in [0.29, 0.717) is 17.7 Å². The number of hydrogen-bond donors (Lipinski definition) is 1. The second kappa shape index (κ2) is 7.63. The van der Waals surface area contributed by atoms with E-state index in [-0.39, 0.29) is 12.4 Å². The number of aliphatic hydroxyl groups is 1. The van der Waals surface area contributed by atoms with E-state index in [1.54, 1.807) is 18.6 Å². The lowest BCUT2D eigenvalue weighted by molar-refractivity contribution is 0.305. The van der Waals surface area contributed by atoms with Crippen LogP contribution in [0.25, 0.3) is 0 Å². The number of aromatic nitrogens is 2. The highest BCUT2D eigenvalue weighted by atomic mass is 32.2. The average Bonchev–Trinajstić information content (AvgIpc) is 2.46. The fraction of sp³-hybridized carbons (Fsp3) is 0.200. The largest absolute Gasteiger partial charge is 0.395 e. The molecule has 2 rings (SSSR count). The number of thioether (sulfide) groups is 1. The Kier molecular flexibility index (Phi) is 5.54. The molecule has 1 heterocycles. The molecule has 0 aliphatic rings. The van der Waals surface area contributed by atoms with Gasteiger partial charge in [-0.2, -0.15) is 0 Å². The van der Waals surface area contributed by atoms with Crippen LogP contribution in [0.15, 0.2) is 41.8 Å². The molecule has 0 saturated carbocycles. The Bertz CT molecular complexity index is 623. The predicted octanol–water partition coefficient (Wildman–Crippen LogP) is 2.64. The molecule has 20 heavy (non-hydrogen) atoms. The predicted molar refractivity (Wildman–Crippen MR) is 76.6 cm³/mol.